The number of alkyl halides is 1. The molecule has 0 aromatic carbocycles. The maximum atomic E-state index is 13.3. The number of carbonyl (C=O) groups excluding carboxylic acids is 2. The van der Waals surface area contributed by atoms with Crippen LogP contribution in [0.25, 0.3) is 0 Å². The molecule has 0 aromatic heterocycles. The smallest absolute Gasteiger partial charge is 0.225 e. The van der Waals surface area contributed by atoms with Gasteiger partial charge in [-0.25, -0.2) is 0 Å². The van der Waals surface area contributed by atoms with Crippen molar-refractivity contribution in [3.63, 3.8) is 0 Å². The quantitative estimate of drug-likeness (QED) is 0.545. The second-order valence-electron chi connectivity index (χ2n) is 11.3. The highest BCUT2D eigenvalue weighted by molar-refractivity contribution is 6.20. The van der Waals surface area contributed by atoms with Crippen LogP contribution in [0.5, 0.6) is 0 Å². The molecule has 0 radical (unpaired) electrons. The van der Waals surface area contributed by atoms with E-state index in [0.29, 0.717) is 24.7 Å². The molecule has 6 nitrogen and oxygen atoms in total. The first kappa shape index (κ1) is 26.7. The van der Waals surface area contributed by atoms with E-state index in [1.807, 2.05) is 6.92 Å². The molecule has 1 heterocycles. The van der Waals surface area contributed by atoms with Gasteiger partial charge in [0.25, 0.3) is 0 Å². The molecule has 2 aliphatic carbocycles. The van der Waals surface area contributed by atoms with Crippen molar-refractivity contribution < 1.29 is 9.59 Å². The van der Waals surface area contributed by atoms with Crippen LogP contribution in [0.15, 0.2) is 0 Å². The number of hydrogen-bond acceptors (Lipinski definition) is 4. The van der Waals surface area contributed by atoms with Crippen molar-refractivity contribution in [3.05, 3.63) is 0 Å². The topological polar surface area (TPSA) is 64.7 Å². The van der Waals surface area contributed by atoms with Gasteiger partial charge in [0.1, 0.15) is 0 Å². The summed E-state index contributed by atoms with van der Waals surface area (Å²) in [6, 6.07) is 1.81. The monoisotopic (exact) mass is 482 g/mol. The average molecular weight is 483 g/mol. The van der Waals surface area contributed by atoms with E-state index >= 15 is 0 Å². The molecule has 2 N–H and O–H groups in total. The van der Waals surface area contributed by atoms with Crippen LogP contribution in [0.2, 0.25) is 0 Å². The van der Waals surface area contributed by atoms with Crippen molar-refractivity contribution in [3.8, 4) is 0 Å². The predicted molar refractivity (Wildman–Crippen MR) is 135 cm³/mol. The van der Waals surface area contributed by atoms with E-state index < -0.39 is 0 Å². The lowest BCUT2D eigenvalue weighted by Crippen LogP contribution is -2.56. The summed E-state index contributed by atoms with van der Waals surface area (Å²) in [6.07, 6.45) is 7.55. The number of piperidine rings is 1. The maximum absolute atomic E-state index is 13.3. The van der Waals surface area contributed by atoms with Crippen LogP contribution in [0.3, 0.4) is 0 Å². The van der Waals surface area contributed by atoms with Gasteiger partial charge in [0.2, 0.25) is 11.8 Å². The molecule has 190 valence electrons. The molecule has 0 aromatic rings. The van der Waals surface area contributed by atoms with Gasteiger partial charge in [-0.2, -0.15) is 0 Å². The molecule has 7 atom stereocenters. The Labute approximate surface area is 206 Å². The Kier molecular flexibility index (Phi) is 9.50. The van der Waals surface area contributed by atoms with Crippen molar-refractivity contribution in [1.29, 1.82) is 0 Å². The minimum Gasteiger partial charge on any atom is -0.355 e. The molecule has 1 saturated heterocycles. The van der Waals surface area contributed by atoms with Gasteiger partial charge < -0.3 is 15.5 Å². The number of amides is 2. The van der Waals surface area contributed by atoms with E-state index in [9.17, 15) is 9.59 Å². The van der Waals surface area contributed by atoms with E-state index in [2.05, 4.69) is 55.3 Å². The first-order chi connectivity index (χ1) is 15.6. The third-order valence-electron chi connectivity index (χ3n) is 8.88. The van der Waals surface area contributed by atoms with Crippen LogP contribution in [0.4, 0.5) is 0 Å². The summed E-state index contributed by atoms with van der Waals surface area (Å²) in [4.78, 5) is 30.8. The lowest BCUT2D eigenvalue weighted by Gasteiger charge is -2.48. The zero-order valence-electron chi connectivity index (χ0n) is 21.6. The summed E-state index contributed by atoms with van der Waals surface area (Å²) in [5, 5.41) is 6.20. The molecular weight excluding hydrogens is 436 g/mol. The van der Waals surface area contributed by atoms with Crippen LogP contribution < -0.4 is 10.6 Å². The van der Waals surface area contributed by atoms with Gasteiger partial charge >= 0.3 is 0 Å². The first-order valence-electron chi connectivity index (χ1n) is 13.3. The number of halogens is 1. The molecule has 0 spiro atoms. The SMILES string of the molecule is CCN(C1CCC(N(C)C)CC1)C1CC(Cl)CC(C(=O)NCC2C(=O)NC(C)CC2C)C1C. The van der Waals surface area contributed by atoms with Gasteiger partial charge in [-0.15, -0.1) is 11.6 Å². The number of rotatable bonds is 7. The van der Waals surface area contributed by atoms with E-state index in [4.69, 9.17) is 11.6 Å². The summed E-state index contributed by atoms with van der Waals surface area (Å²) in [5.74, 6) is 0.425. The molecular formula is C26H47ClN4O2. The first-order valence-corrected chi connectivity index (χ1v) is 13.7. The molecule has 1 aliphatic heterocycles. The van der Waals surface area contributed by atoms with Gasteiger partial charge in [0, 0.05) is 42.0 Å². The molecule has 7 heteroatoms. The molecule has 2 amide bonds. The normalized spacial score (nSPS) is 40.0. The Balaban J connectivity index is 1.61. The molecule has 3 fully saturated rings. The van der Waals surface area contributed by atoms with Gasteiger partial charge in [-0.1, -0.05) is 20.8 Å². The molecule has 0 bridgehead atoms. The fourth-order valence-corrected chi connectivity index (χ4v) is 7.18. The van der Waals surface area contributed by atoms with Crippen molar-refractivity contribution in [2.45, 2.75) is 102 Å². The zero-order chi connectivity index (χ0) is 24.3. The third-order valence-corrected chi connectivity index (χ3v) is 9.23. The summed E-state index contributed by atoms with van der Waals surface area (Å²) in [7, 11) is 4.37. The van der Waals surface area contributed by atoms with E-state index in [1.165, 1.54) is 25.7 Å². The number of nitrogens with one attached hydrogen (secondary N) is 2. The Morgan fingerprint density at radius 1 is 1.06 bits per heavy atom. The van der Waals surface area contributed by atoms with Crippen molar-refractivity contribution in [1.82, 2.24) is 20.4 Å². The molecule has 7 unspecified atom stereocenters. The highest BCUT2D eigenvalue weighted by Gasteiger charge is 2.43. The average Bonchev–Trinajstić information content (AvgIpc) is 2.75. The van der Waals surface area contributed by atoms with Gasteiger partial charge in [0.05, 0.1) is 5.92 Å². The highest BCUT2D eigenvalue weighted by Crippen LogP contribution is 2.39. The second-order valence-corrected chi connectivity index (χ2v) is 11.9. The standard InChI is InChI=1S/C26H47ClN4O2/c1-7-31(21-10-8-20(9-11-21)30(5)6)24-14-19(27)13-22(18(24)4)25(32)28-15-23-16(2)12-17(3)29-26(23)33/h16-24H,7-15H2,1-6H3,(H,28,32)(H,29,33). The molecule has 2 saturated carbocycles. The lowest BCUT2D eigenvalue weighted by molar-refractivity contribution is -0.132. The van der Waals surface area contributed by atoms with Gasteiger partial charge in [-0.05, 0) is 84.3 Å². The van der Waals surface area contributed by atoms with Crippen LogP contribution in [0, 0.1) is 23.7 Å². The van der Waals surface area contributed by atoms with E-state index in [1.54, 1.807) is 0 Å². The van der Waals surface area contributed by atoms with Crippen LogP contribution >= 0.6 is 11.6 Å². The lowest BCUT2D eigenvalue weighted by atomic mass is 9.74. The fraction of sp³-hybridized carbons (Fsp3) is 0.923. The number of hydrogen-bond donors (Lipinski definition) is 2. The highest BCUT2D eigenvalue weighted by atomic mass is 35.5. The minimum atomic E-state index is -0.148. The Morgan fingerprint density at radius 2 is 1.70 bits per heavy atom. The van der Waals surface area contributed by atoms with E-state index in [-0.39, 0.29) is 46.9 Å². The van der Waals surface area contributed by atoms with Crippen LogP contribution in [-0.2, 0) is 9.59 Å². The number of nitrogens with zero attached hydrogens (tertiary/aromatic N) is 2. The summed E-state index contributed by atoms with van der Waals surface area (Å²) in [6.45, 7) is 10.1. The maximum Gasteiger partial charge on any atom is 0.225 e. The van der Waals surface area contributed by atoms with Crippen molar-refractivity contribution in [2.24, 2.45) is 23.7 Å². The largest absolute Gasteiger partial charge is 0.355 e. The van der Waals surface area contributed by atoms with Crippen LogP contribution in [0.1, 0.15) is 72.6 Å². The summed E-state index contributed by atoms with van der Waals surface area (Å²) < 4.78 is 0. The molecule has 3 aliphatic rings. The summed E-state index contributed by atoms with van der Waals surface area (Å²) in [5.41, 5.74) is 0. The van der Waals surface area contributed by atoms with Crippen LogP contribution in [-0.4, -0.2) is 78.3 Å². The minimum absolute atomic E-state index is 0.0202. The predicted octanol–water partition coefficient (Wildman–Crippen LogP) is 3.48. The fourth-order valence-electron chi connectivity index (χ4n) is 6.81. The van der Waals surface area contributed by atoms with Crippen molar-refractivity contribution in [2.75, 3.05) is 27.2 Å². The zero-order valence-corrected chi connectivity index (χ0v) is 22.4. The Bertz CT molecular complexity index is 667. The number of carbonyl (C=O) groups is 2. The second kappa shape index (κ2) is 11.7. The summed E-state index contributed by atoms with van der Waals surface area (Å²) >= 11 is 6.75. The third kappa shape index (κ3) is 6.43. The van der Waals surface area contributed by atoms with Gasteiger partial charge in [0.15, 0.2) is 0 Å². The van der Waals surface area contributed by atoms with Crippen molar-refractivity contribution >= 4 is 23.4 Å². The Morgan fingerprint density at radius 3 is 2.27 bits per heavy atom. The van der Waals surface area contributed by atoms with Gasteiger partial charge in [-0.3, -0.25) is 14.5 Å². The Hall–Kier alpha value is -0.850. The molecule has 33 heavy (non-hydrogen) atoms. The van der Waals surface area contributed by atoms with E-state index in [0.717, 1.165) is 25.8 Å². The molecule has 3 rings (SSSR count).